The van der Waals surface area contributed by atoms with Crippen LogP contribution in [0.25, 0.3) is 0 Å². The van der Waals surface area contributed by atoms with Gasteiger partial charge in [-0.25, -0.2) is 4.79 Å². The van der Waals surface area contributed by atoms with Crippen LogP contribution < -0.4 is 5.32 Å². The summed E-state index contributed by atoms with van der Waals surface area (Å²) in [4.78, 5) is 35.2. The molecule has 6 heteroatoms. The minimum atomic E-state index is -0.581. The Kier molecular flexibility index (Phi) is 5.14. The molecule has 2 amide bonds. The van der Waals surface area contributed by atoms with Gasteiger partial charge < -0.3 is 9.30 Å². The molecule has 1 aliphatic rings. The third-order valence-corrected chi connectivity index (χ3v) is 3.73. The largest absolute Gasteiger partial charge is 0.451 e. The van der Waals surface area contributed by atoms with E-state index in [-0.39, 0.29) is 11.8 Å². The van der Waals surface area contributed by atoms with E-state index in [2.05, 4.69) is 5.32 Å². The molecular formula is C15H20N2O4. The van der Waals surface area contributed by atoms with E-state index in [0.29, 0.717) is 5.69 Å². The molecule has 0 saturated heterocycles. The number of aryl methyl sites for hydroxylation is 1. The van der Waals surface area contributed by atoms with Crippen LogP contribution in [0.4, 0.5) is 0 Å². The molecule has 1 fully saturated rings. The van der Waals surface area contributed by atoms with Crippen molar-refractivity contribution in [2.24, 2.45) is 13.0 Å². The number of nitrogens with zero attached hydrogens (tertiary/aromatic N) is 1. The molecule has 0 atom stereocenters. The van der Waals surface area contributed by atoms with Crippen LogP contribution >= 0.6 is 0 Å². The smallest absolute Gasteiger partial charge is 0.355 e. The van der Waals surface area contributed by atoms with E-state index in [1.165, 1.54) is 0 Å². The van der Waals surface area contributed by atoms with Gasteiger partial charge in [-0.15, -0.1) is 0 Å². The van der Waals surface area contributed by atoms with Crippen LogP contribution in [0.5, 0.6) is 0 Å². The fourth-order valence-corrected chi connectivity index (χ4v) is 2.52. The lowest BCUT2D eigenvalue weighted by atomic mass is 9.89. The van der Waals surface area contributed by atoms with Crippen molar-refractivity contribution in [1.29, 1.82) is 0 Å². The van der Waals surface area contributed by atoms with Gasteiger partial charge >= 0.3 is 5.97 Å². The molecule has 1 aromatic rings. The molecule has 0 bridgehead atoms. The van der Waals surface area contributed by atoms with Crippen LogP contribution in [0, 0.1) is 5.92 Å². The second-order valence-corrected chi connectivity index (χ2v) is 5.33. The zero-order valence-electron chi connectivity index (χ0n) is 12.1. The van der Waals surface area contributed by atoms with Crippen LogP contribution in [-0.2, 0) is 21.4 Å². The van der Waals surface area contributed by atoms with Crippen LogP contribution in [0.1, 0.15) is 42.6 Å². The quantitative estimate of drug-likeness (QED) is 0.851. The topological polar surface area (TPSA) is 77.4 Å². The maximum atomic E-state index is 11.9. The Morgan fingerprint density at radius 1 is 1.29 bits per heavy atom. The molecule has 0 radical (unpaired) electrons. The number of ether oxygens (including phenoxy) is 1. The summed E-state index contributed by atoms with van der Waals surface area (Å²) in [5, 5.41) is 2.30. The number of nitrogens with one attached hydrogen (secondary N) is 1. The van der Waals surface area contributed by atoms with Crippen molar-refractivity contribution < 1.29 is 19.1 Å². The highest BCUT2D eigenvalue weighted by Gasteiger charge is 2.23. The van der Waals surface area contributed by atoms with Crippen molar-refractivity contribution in [3.8, 4) is 0 Å². The highest BCUT2D eigenvalue weighted by Crippen LogP contribution is 2.23. The summed E-state index contributed by atoms with van der Waals surface area (Å²) in [5.74, 6) is -1.50. The predicted molar refractivity (Wildman–Crippen MR) is 75.4 cm³/mol. The normalized spacial score (nSPS) is 15.5. The second kappa shape index (κ2) is 7.06. The average Bonchev–Trinajstić information content (AvgIpc) is 2.92. The molecule has 114 valence electrons. The molecule has 1 aliphatic carbocycles. The number of esters is 1. The van der Waals surface area contributed by atoms with Gasteiger partial charge in [0, 0.05) is 19.2 Å². The molecular weight excluding hydrogens is 272 g/mol. The average molecular weight is 292 g/mol. The van der Waals surface area contributed by atoms with Gasteiger partial charge in [0.1, 0.15) is 5.69 Å². The SMILES string of the molecule is Cn1cccc1C(=O)OCC(=O)NC(=O)C1CCCCC1. The first-order chi connectivity index (χ1) is 10.1. The Morgan fingerprint density at radius 2 is 2.00 bits per heavy atom. The summed E-state index contributed by atoms with van der Waals surface area (Å²) in [5.41, 5.74) is 0.362. The number of hydrogen-bond acceptors (Lipinski definition) is 4. The van der Waals surface area contributed by atoms with Gasteiger partial charge in [-0.2, -0.15) is 0 Å². The Labute approximate surface area is 123 Å². The van der Waals surface area contributed by atoms with Crippen LogP contribution in [0.3, 0.4) is 0 Å². The Morgan fingerprint density at radius 3 is 2.62 bits per heavy atom. The van der Waals surface area contributed by atoms with Crippen LogP contribution in [0.2, 0.25) is 0 Å². The van der Waals surface area contributed by atoms with E-state index in [9.17, 15) is 14.4 Å². The molecule has 0 aromatic carbocycles. The van der Waals surface area contributed by atoms with Crippen molar-refractivity contribution >= 4 is 17.8 Å². The number of carbonyl (C=O) groups excluding carboxylic acids is 3. The van der Waals surface area contributed by atoms with Crippen molar-refractivity contribution in [2.75, 3.05) is 6.61 Å². The summed E-state index contributed by atoms with van der Waals surface area (Å²) in [7, 11) is 1.71. The van der Waals surface area contributed by atoms with E-state index in [1.54, 1.807) is 29.9 Å². The molecule has 0 spiro atoms. The van der Waals surface area contributed by atoms with E-state index >= 15 is 0 Å². The lowest BCUT2D eigenvalue weighted by molar-refractivity contribution is -0.135. The molecule has 2 rings (SSSR count). The molecule has 0 unspecified atom stereocenters. The third-order valence-electron chi connectivity index (χ3n) is 3.73. The number of rotatable bonds is 4. The standard InChI is InChI=1S/C15H20N2O4/c1-17-9-5-8-12(17)15(20)21-10-13(18)16-14(19)11-6-3-2-4-7-11/h5,8-9,11H,2-4,6-7,10H2,1H3,(H,16,18,19). The van der Waals surface area contributed by atoms with E-state index in [0.717, 1.165) is 32.1 Å². The zero-order chi connectivity index (χ0) is 15.2. The summed E-state index contributed by atoms with van der Waals surface area (Å²) in [6.07, 6.45) is 6.54. The number of imide groups is 1. The summed E-state index contributed by atoms with van der Waals surface area (Å²) in [6.45, 7) is -0.442. The van der Waals surface area contributed by atoms with Crippen molar-refractivity contribution in [1.82, 2.24) is 9.88 Å². The molecule has 1 saturated carbocycles. The number of aromatic nitrogens is 1. The van der Waals surface area contributed by atoms with Gasteiger partial charge in [-0.3, -0.25) is 14.9 Å². The summed E-state index contributed by atoms with van der Waals surface area (Å²) < 4.78 is 6.50. The molecule has 1 aromatic heterocycles. The van der Waals surface area contributed by atoms with Gasteiger partial charge in [0.05, 0.1) is 0 Å². The van der Waals surface area contributed by atoms with Crippen molar-refractivity contribution in [2.45, 2.75) is 32.1 Å². The number of amides is 2. The lowest BCUT2D eigenvalue weighted by Gasteiger charge is -2.20. The molecule has 21 heavy (non-hydrogen) atoms. The van der Waals surface area contributed by atoms with Gasteiger partial charge in [-0.05, 0) is 25.0 Å². The Bertz CT molecular complexity index is 530. The molecule has 6 nitrogen and oxygen atoms in total. The maximum absolute atomic E-state index is 11.9. The van der Waals surface area contributed by atoms with E-state index in [4.69, 9.17) is 4.74 Å². The fraction of sp³-hybridized carbons (Fsp3) is 0.533. The van der Waals surface area contributed by atoms with Gasteiger partial charge in [0.25, 0.3) is 5.91 Å². The predicted octanol–water partition coefficient (Wildman–Crippen LogP) is 1.40. The first-order valence-corrected chi connectivity index (χ1v) is 7.20. The minimum absolute atomic E-state index is 0.0914. The van der Waals surface area contributed by atoms with Crippen LogP contribution in [0.15, 0.2) is 18.3 Å². The third kappa shape index (κ3) is 4.18. The Balaban J connectivity index is 1.75. The van der Waals surface area contributed by atoms with Gasteiger partial charge in [0.15, 0.2) is 6.61 Å². The lowest BCUT2D eigenvalue weighted by Crippen LogP contribution is -2.39. The highest BCUT2D eigenvalue weighted by atomic mass is 16.5. The zero-order valence-corrected chi connectivity index (χ0v) is 12.1. The first-order valence-electron chi connectivity index (χ1n) is 7.20. The number of hydrogen-bond donors (Lipinski definition) is 1. The van der Waals surface area contributed by atoms with Crippen LogP contribution in [-0.4, -0.2) is 29.0 Å². The van der Waals surface area contributed by atoms with E-state index in [1.807, 2.05) is 0 Å². The molecule has 0 aliphatic heterocycles. The van der Waals surface area contributed by atoms with Gasteiger partial charge in [0.2, 0.25) is 5.91 Å². The van der Waals surface area contributed by atoms with E-state index < -0.39 is 18.5 Å². The second-order valence-electron chi connectivity index (χ2n) is 5.33. The summed E-state index contributed by atoms with van der Waals surface area (Å²) in [6, 6.07) is 3.32. The monoisotopic (exact) mass is 292 g/mol. The summed E-state index contributed by atoms with van der Waals surface area (Å²) >= 11 is 0. The van der Waals surface area contributed by atoms with Crippen molar-refractivity contribution in [3.05, 3.63) is 24.0 Å². The first kappa shape index (κ1) is 15.3. The Hall–Kier alpha value is -2.11. The highest BCUT2D eigenvalue weighted by molar-refractivity contribution is 5.98. The van der Waals surface area contributed by atoms with Gasteiger partial charge in [-0.1, -0.05) is 19.3 Å². The maximum Gasteiger partial charge on any atom is 0.355 e. The van der Waals surface area contributed by atoms with Crippen molar-refractivity contribution in [3.63, 3.8) is 0 Å². The molecule has 1 heterocycles. The fourth-order valence-electron chi connectivity index (χ4n) is 2.52. The minimum Gasteiger partial charge on any atom is -0.451 e. The number of carbonyl (C=O) groups is 3. The molecule has 1 N–H and O–H groups in total.